The highest BCUT2D eigenvalue weighted by molar-refractivity contribution is 7.13. The molecule has 0 fully saturated rings. The highest BCUT2D eigenvalue weighted by atomic mass is 32.1. The van der Waals surface area contributed by atoms with E-state index >= 15 is 0 Å². The van der Waals surface area contributed by atoms with E-state index in [-0.39, 0.29) is 11.8 Å². The smallest absolute Gasteiger partial charge is 0.321 e. The Morgan fingerprint density at radius 3 is 2.81 bits per heavy atom. The Labute approximate surface area is 126 Å². The zero-order chi connectivity index (χ0) is 14.9. The molecule has 1 aromatic carbocycles. The maximum atomic E-state index is 12.7. The minimum Gasteiger partial charge on any atom is -0.494 e. The Morgan fingerprint density at radius 2 is 2.10 bits per heavy atom. The van der Waals surface area contributed by atoms with Crippen molar-refractivity contribution >= 4 is 22.5 Å². The minimum absolute atomic E-state index is 0.260. The number of nitrogens with zero attached hydrogens (tertiary/aromatic N) is 1. The molecule has 5 nitrogen and oxygen atoms in total. The van der Waals surface area contributed by atoms with Gasteiger partial charge >= 0.3 is 6.03 Å². The molecule has 0 unspecified atom stereocenters. The first-order chi connectivity index (χ1) is 10.2. The molecule has 1 aromatic heterocycles. The fraction of sp³-hybridized carbons (Fsp3) is 0.286. The molecule has 2 N–H and O–H groups in total. The van der Waals surface area contributed by atoms with Gasteiger partial charge in [-0.05, 0) is 37.1 Å². The van der Waals surface area contributed by atoms with E-state index in [0.717, 1.165) is 12.8 Å². The summed E-state index contributed by atoms with van der Waals surface area (Å²) in [5, 5.41) is 7.74. The van der Waals surface area contributed by atoms with Crippen LogP contribution in [0.2, 0.25) is 0 Å². The van der Waals surface area contributed by atoms with Crippen LogP contribution in [0.5, 0.6) is 5.75 Å². The predicted molar refractivity (Wildman–Crippen MR) is 80.3 cm³/mol. The third-order valence-electron chi connectivity index (χ3n) is 2.59. The highest BCUT2D eigenvalue weighted by Gasteiger charge is 2.02. The van der Waals surface area contributed by atoms with Crippen molar-refractivity contribution in [1.29, 1.82) is 0 Å². The number of unbranched alkanes of at least 4 members (excludes halogenated alkanes) is 1. The summed E-state index contributed by atoms with van der Waals surface area (Å²) in [6.07, 6.45) is 3.23. The van der Waals surface area contributed by atoms with E-state index in [4.69, 9.17) is 4.74 Å². The van der Waals surface area contributed by atoms with Crippen LogP contribution in [0.15, 0.2) is 35.8 Å². The lowest BCUT2D eigenvalue weighted by molar-refractivity contribution is 0.251. The molecule has 0 aliphatic rings. The molecule has 0 radical (unpaired) electrons. The second kappa shape index (κ2) is 8.21. The number of rotatable bonds is 7. The fourth-order valence-electron chi connectivity index (χ4n) is 1.58. The number of urea groups is 1. The number of hydrogen-bond donors (Lipinski definition) is 2. The van der Waals surface area contributed by atoms with Gasteiger partial charge in [0.1, 0.15) is 11.6 Å². The van der Waals surface area contributed by atoms with Crippen molar-refractivity contribution in [1.82, 2.24) is 10.3 Å². The molecule has 0 saturated heterocycles. The maximum Gasteiger partial charge on any atom is 0.321 e. The van der Waals surface area contributed by atoms with Gasteiger partial charge in [-0.25, -0.2) is 14.2 Å². The van der Waals surface area contributed by atoms with E-state index in [1.165, 1.54) is 23.5 Å². The summed E-state index contributed by atoms with van der Waals surface area (Å²) < 4.78 is 18.1. The van der Waals surface area contributed by atoms with Crippen molar-refractivity contribution < 1.29 is 13.9 Å². The molecule has 1 heterocycles. The molecule has 2 aromatic rings. The van der Waals surface area contributed by atoms with E-state index in [0.29, 0.717) is 24.0 Å². The normalized spacial score (nSPS) is 10.1. The number of thiazole rings is 1. The number of anilines is 1. The first kappa shape index (κ1) is 15.2. The second-order valence-electron chi connectivity index (χ2n) is 4.23. The molecule has 7 heteroatoms. The van der Waals surface area contributed by atoms with Crippen LogP contribution in [-0.2, 0) is 0 Å². The Balaban J connectivity index is 1.52. The number of nitrogens with one attached hydrogen (secondary N) is 2. The number of ether oxygens (including phenoxy) is 1. The molecule has 0 atom stereocenters. The van der Waals surface area contributed by atoms with Crippen molar-refractivity contribution in [2.75, 3.05) is 18.5 Å². The lowest BCUT2D eigenvalue weighted by Crippen LogP contribution is -2.29. The number of carbonyl (C=O) groups is 1. The SMILES string of the molecule is O=C(NCCCCOc1ccc(F)cc1)Nc1nccs1. The molecule has 0 aliphatic carbocycles. The number of halogens is 1. The van der Waals surface area contributed by atoms with Gasteiger partial charge in [0.25, 0.3) is 0 Å². The van der Waals surface area contributed by atoms with E-state index in [1.54, 1.807) is 23.7 Å². The van der Waals surface area contributed by atoms with Crippen LogP contribution < -0.4 is 15.4 Å². The van der Waals surface area contributed by atoms with Crippen molar-refractivity contribution in [3.05, 3.63) is 41.7 Å². The Kier molecular flexibility index (Phi) is 5.96. The van der Waals surface area contributed by atoms with E-state index in [2.05, 4.69) is 15.6 Å². The summed E-state index contributed by atoms with van der Waals surface area (Å²) in [7, 11) is 0. The van der Waals surface area contributed by atoms with Crippen molar-refractivity contribution in [3.8, 4) is 5.75 Å². The van der Waals surface area contributed by atoms with Gasteiger partial charge < -0.3 is 10.1 Å². The van der Waals surface area contributed by atoms with E-state index in [1.807, 2.05) is 0 Å². The molecule has 0 aliphatic heterocycles. The van der Waals surface area contributed by atoms with Crippen LogP contribution in [0, 0.1) is 5.82 Å². The van der Waals surface area contributed by atoms with E-state index in [9.17, 15) is 9.18 Å². The summed E-state index contributed by atoms with van der Waals surface area (Å²) in [5.41, 5.74) is 0. The van der Waals surface area contributed by atoms with Crippen LogP contribution >= 0.6 is 11.3 Å². The quantitative estimate of drug-likeness (QED) is 0.772. The monoisotopic (exact) mass is 309 g/mol. The van der Waals surface area contributed by atoms with Gasteiger partial charge in [-0.3, -0.25) is 5.32 Å². The van der Waals surface area contributed by atoms with Crippen LogP contribution in [0.25, 0.3) is 0 Å². The first-order valence-electron chi connectivity index (χ1n) is 6.57. The number of hydrogen-bond acceptors (Lipinski definition) is 4. The maximum absolute atomic E-state index is 12.7. The van der Waals surface area contributed by atoms with Crippen molar-refractivity contribution in [2.45, 2.75) is 12.8 Å². The van der Waals surface area contributed by atoms with Crippen LogP contribution in [0.1, 0.15) is 12.8 Å². The lowest BCUT2D eigenvalue weighted by atomic mass is 10.3. The summed E-state index contributed by atoms with van der Waals surface area (Å²) in [6, 6.07) is 5.65. The molecular weight excluding hydrogens is 293 g/mol. The van der Waals surface area contributed by atoms with E-state index < -0.39 is 0 Å². The van der Waals surface area contributed by atoms with Gasteiger partial charge in [0.15, 0.2) is 5.13 Å². The Morgan fingerprint density at radius 1 is 1.29 bits per heavy atom. The van der Waals surface area contributed by atoms with Gasteiger partial charge in [0, 0.05) is 18.1 Å². The number of benzene rings is 1. The molecular formula is C14H16FN3O2S. The van der Waals surface area contributed by atoms with Gasteiger partial charge in [0.05, 0.1) is 6.61 Å². The van der Waals surface area contributed by atoms with Gasteiger partial charge in [-0.15, -0.1) is 11.3 Å². The summed E-state index contributed by atoms with van der Waals surface area (Å²) >= 11 is 1.37. The highest BCUT2D eigenvalue weighted by Crippen LogP contribution is 2.11. The summed E-state index contributed by atoms with van der Waals surface area (Å²) in [6.45, 7) is 1.09. The standard InChI is InChI=1S/C14H16FN3O2S/c15-11-3-5-12(6-4-11)20-9-2-1-7-16-13(19)18-14-17-8-10-21-14/h3-6,8,10H,1-2,7,9H2,(H2,16,17,18,19). The number of aromatic nitrogens is 1. The molecule has 2 amide bonds. The van der Waals surface area contributed by atoms with Crippen LogP contribution in [-0.4, -0.2) is 24.2 Å². The van der Waals surface area contributed by atoms with Gasteiger partial charge in [-0.1, -0.05) is 0 Å². The van der Waals surface area contributed by atoms with Crippen molar-refractivity contribution in [3.63, 3.8) is 0 Å². The molecule has 21 heavy (non-hydrogen) atoms. The summed E-state index contributed by atoms with van der Waals surface area (Å²) in [5.74, 6) is 0.365. The minimum atomic E-state index is -0.280. The Hall–Kier alpha value is -2.15. The average molecular weight is 309 g/mol. The zero-order valence-electron chi connectivity index (χ0n) is 11.3. The van der Waals surface area contributed by atoms with Crippen LogP contribution in [0.4, 0.5) is 14.3 Å². The number of amides is 2. The molecule has 0 bridgehead atoms. The molecule has 2 rings (SSSR count). The Bertz CT molecular complexity index is 546. The first-order valence-corrected chi connectivity index (χ1v) is 7.45. The predicted octanol–water partition coefficient (Wildman–Crippen LogP) is 3.26. The molecule has 0 saturated carbocycles. The lowest BCUT2D eigenvalue weighted by Gasteiger charge is -2.07. The number of carbonyl (C=O) groups excluding carboxylic acids is 1. The topological polar surface area (TPSA) is 63.2 Å². The van der Waals surface area contributed by atoms with Crippen LogP contribution in [0.3, 0.4) is 0 Å². The zero-order valence-corrected chi connectivity index (χ0v) is 12.2. The molecule has 0 spiro atoms. The summed E-state index contributed by atoms with van der Waals surface area (Å²) in [4.78, 5) is 15.4. The second-order valence-corrected chi connectivity index (χ2v) is 5.12. The fourth-order valence-corrected chi connectivity index (χ4v) is 2.10. The third kappa shape index (κ3) is 5.78. The average Bonchev–Trinajstić information content (AvgIpc) is 2.97. The van der Waals surface area contributed by atoms with Crippen molar-refractivity contribution in [2.24, 2.45) is 0 Å². The third-order valence-corrected chi connectivity index (χ3v) is 3.28. The largest absolute Gasteiger partial charge is 0.494 e. The molecule has 112 valence electrons. The van der Waals surface area contributed by atoms with Gasteiger partial charge in [-0.2, -0.15) is 0 Å². The van der Waals surface area contributed by atoms with Gasteiger partial charge in [0.2, 0.25) is 0 Å².